The summed E-state index contributed by atoms with van der Waals surface area (Å²) >= 11 is 5.29. The zero-order valence-corrected chi connectivity index (χ0v) is 14.6. The monoisotopic (exact) mass is 366 g/mol. The average Bonchev–Trinajstić information content (AvgIpc) is 2.87. The summed E-state index contributed by atoms with van der Waals surface area (Å²) in [4.78, 5) is 12.8. The van der Waals surface area contributed by atoms with Crippen molar-refractivity contribution in [1.29, 1.82) is 0 Å². The second-order valence-electron chi connectivity index (χ2n) is 4.83. The van der Waals surface area contributed by atoms with Crippen molar-refractivity contribution in [2.45, 2.75) is 26.3 Å². The predicted molar refractivity (Wildman–Crippen MR) is 92.9 cm³/mol. The highest BCUT2D eigenvalue weighted by atomic mass is 79.9. The minimum Gasteiger partial charge on any atom is -0.378 e. The van der Waals surface area contributed by atoms with Crippen LogP contribution in [0.4, 0.5) is 5.69 Å². The van der Waals surface area contributed by atoms with Crippen molar-refractivity contribution in [3.8, 4) is 0 Å². The number of thiophene rings is 1. The van der Waals surface area contributed by atoms with E-state index in [1.165, 1.54) is 4.88 Å². The molecule has 0 aliphatic heterocycles. The Balaban J connectivity index is 1.96. The first kappa shape index (κ1) is 16.0. The fourth-order valence-electron chi connectivity index (χ4n) is 2.09. The van der Waals surface area contributed by atoms with Crippen LogP contribution < -0.4 is 10.6 Å². The highest BCUT2D eigenvalue weighted by molar-refractivity contribution is 9.10. The van der Waals surface area contributed by atoms with E-state index in [9.17, 15) is 4.79 Å². The van der Waals surface area contributed by atoms with Crippen molar-refractivity contribution in [1.82, 2.24) is 5.32 Å². The molecule has 1 aromatic carbocycles. The maximum Gasteiger partial charge on any atom is 0.224 e. The van der Waals surface area contributed by atoms with Crippen LogP contribution in [0.5, 0.6) is 0 Å². The largest absolute Gasteiger partial charge is 0.378 e. The van der Waals surface area contributed by atoms with E-state index in [1.54, 1.807) is 11.3 Å². The summed E-state index contributed by atoms with van der Waals surface area (Å²) in [6.07, 6.45) is 0.431. The highest BCUT2D eigenvalue weighted by Gasteiger charge is 2.10. The third-order valence-electron chi connectivity index (χ3n) is 3.11. The van der Waals surface area contributed by atoms with E-state index in [0.29, 0.717) is 13.0 Å². The number of hydrogen-bond acceptors (Lipinski definition) is 3. The van der Waals surface area contributed by atoms with Crippen LogP contribution in [0.15, 0.2) is 40.2 Å². The minimum atomic E-state index is 0.0640. The van der Waals surface area contributed by atoms with Gasteiger partial charge in [-0.25, -0.2) is 0 Å². The van der Waals surface area contributed by atoms with Gasteiger partial charge in [-0.05, 0) is 58.9 Å². The van der Waals surface area contributed by atoms with Gasteiger partial charge in [0.1, 0.15) is 0 Å². The maximum atomic E-state index is 11.5. The molecule has 0 fully saturated rings. The van der Waals surface area contributed by atoms with E-state index in [2.05, 4.69) is 44.9 Å². The summed E-state index contributed by atoms with van der Waals surface area (Å²) in [7, 11) is 0. The van der Waals surface area contributed by atoms with Crippen LogP contribution >= 0.6 is 27.3 Å². The summed E-state index contributed by atoms with van der Waals surface area (Å²) in [5.41, 5.74) is 2.08. The van der Waals surface area contributed by atoms with E-state index < -0.39 is 0 Å². The molecule has 2 rings (SSSR count). The lowest BCUT2D eigenvalue weighted by Crippen LogP contribution is -2.24. The fraction of sp³-hybridized carbons (Fsp3) is 0.312. The Morgan fingerprint density at radius 2 is 2.00 bits per heavy atom. The highest BCUT2D eigenvalue weighted by Crippen LogP contribution is 2.31. The molecule has 1 amide bonds. The molecular formula is C16H19BrN2OS. The standard InChI is InChI=1S/C16H19BrN2OS/c1-3-18-15(20)10-12-4-6-13(7-5-12)19-11(2)16-14(17)8-9-21-16/h4-9,11,19H,3,10H2,1-2H3,(H,18,20). The van der Waals surface area contributed by atoms with Gasteiger partial charge in [0.05, 0.1) is 12.5 Å². The summed E-state index contributed by atoms with van der Waals surface area (Å²) in [5.74, 6) is 0.0640. The topological polar surface area (TPSA) is 41.1 Å². The van der Waals surface area contributed by atoms with E-state index in [-0.39, 0.29) is 11.9 Å². The van der Waals surface area contributed by atoms with Gasteiger partial charge < -0.3 is 10.6 Å². The van der Waals surface area contributed by atoms with Crippen molar-refractivity contribution < 1.29 is 4.79 Å². The molecule has 21 heavy (non-hydrogen) atoms. The van der Waals surface area contributed by atoms with E-state index in [0.717, 1.165) is 15.7 Å². The second kappa shape index (κ2) is 7.61. The molecule has 0 bridgehead atoms. The van der Waals surface area contributed by atoms with E-state index in [1.807, 2.05) is 31.2 Å². The van der Waals surface area contributed by atoms with Gasteiger partial charge in [-0.15, -0.1) is 11.3 Å². The molecule has 0 saturated heterocycles. The molecule has 2 aromatic rings. The molecule has 0 radical (unpaired) electrons. The van der Waals surface area contributed by atoms with Gasteiger partial charge in [0, 0.05) is 21.6 Å². The molecule has 1 atom stereocenters. The number of halogens is 1. The number of amides is 1. The normalized spacial score (nSPS) is 12.0. The average molecular weight is 367 g/mol. The second-order valence-corrected chi connectivity index (χ2v) is 6.63. The first-order chi connectivity index (χ1) is 10.1. The van der Waals surface area contributed by atoms with Crippen molar-refractivity contribution in [3.05, 3.63) is 50.6 Å². The summed E-state index contributed by atoms with van der Waals surface area (Å²) in [6, 6.07) is 10.3. The molecule has 0 spiro atoms. The van der Waals surface area contributed by atoms with Crippen LogP contribution in [0.2, 0.25) is 0 Å². The van der Waals surface area contributed by atoms with Gasteiger partial charge >= 0.3 is 0 Å². The van der Waals surface area contributed by atoms with E-state index in [4.69, 9.17) is 0 Å². The lowest BCUT2D eigenvalue weighted by atomic mass is 10.1. The van der Waals surface area contributed by atoms with Gasteiger partial charge in [-0.3, -0.25) is 4.79 Å². The van der Waals surface area contributed by atoms with Gasteiger partial charge in [0.15, 0.2) is 0 Å². The molecule has 0 aliphatic rings. The molecule has 3 nitrogen and oxygen atoms in total. The Morgan fingerprint density at radius 1 is 1.29 bits per heavy atom. The number of anilines is 1. The van der Waals surface area contributed by atoms with Gasteiger partial charge in [0.2, 0.25) is 5.91 Å². The molecule has 112 valence electrons. The first-order valence-corrected chi connectivity index (χ1v) is 8.62. The maximum absolute atomic E-state index is 11.5. The number of rotatable bonds is 6. The zero-order chi connectivity index (χ0) is 15.2. The van der Waals surface area contributed by atoms with Crippen molar-refractivity contribution in [2.24, 2.45) is 0 Å². The summed E-state index contributed by atoms with van der Waals surface area (Å²) < 4.78 is 1.14. The fourth-order valence-corrected chi connectivity index (χ4v) is 3.82. The Hall–Kier alpha value is -1.33. The smallest absolute Gasteiger partial charge is 0.224 e. The van der Waals surface area contributed by atoms with Gasteiger partial charge in [-0.2, -0.15) is 0 Å². The van der Waals surface area contributed by atoms with Crippen LogP contribution in [0, 0.1) is 0 Å². The van der Waals surface area contributed by atoms with Crippen molar-refractivity contribution >= 4 is 38.9 Å². The Labute approximate surface area is 137 Å². The Kier molecular flexibility index (Phi) is 5.82. The number of carbonyl (C=O) groups excluding carboxylic acids is 1. The van der Waals surface area contributed by atoms with Gasteiger partial charge in [-0.1, -0.05) is 12.1 Å². The van der Waals surface area contributed by atoms with Crippen molar-refractivity contribution in [2.75, 3.05) is 11.9 Å². The third-order valence-corrected chi connectivity index (χ3v) is 5.17. The van der Waals surface area contributed by atoms with Crippen LogP contribution in [-0.2, 0) is 11.2 Å². The molecule has 1 unspecified atom stereocenters. The number of likely N-dealkylation sites (N-methyl/N-ethyl adjacent to an activating group) is 1. The van der Waals surface area contributed by atoms with Crippen LogP contribution in [0.3, 0.4) is 0 Å². The first-order valence-electron chi connectivity index (χ1n) is 6.95. The SMILES string of the molecule is CCNC(=O)Cc1ccc(NC(C)c2sccc2Br)cc1. The van der Waals surface area contributed by atoms with Crippen molar-refractivity contribution in [3.63, 3.8) is 0 Å². The Bertz CT molecular complexity index is 595. The lowest BCUT2D eigenvalue weighted by Gasteiger charge is -2.15. The molecule has 2 N–H and O–H groups in total. The molecule has 5 heteroatoms. The summed E-state index contributed by atoms with van der Waals surface area (Å²) in [6.45, 7) is 4.74. The van der Waals surface area contributed by atoms with E-state index >= 15 is 0 Å². The molecule has 0 aliphatic carbocycles. The number of benzene rings is 1. The zero-order valence-electron chi connectivity index (χ0n) is 12.2. The lowest BCUT2D eigenvalue weighted by molar-refractivity contribution is -0.120. The summed E-state index contributed by atoms with van der Waals surface area (Å²) in [5, 5.41) is 8.35. The third kappa shape index (κ3) is 4.58. The number of carbonyl (C=O) groups is 1. The Morgan fingerprint density at radius 3 is 2.57 bits per heavy atom. The number of nitrogens with one attached hydrogen (secondary N) is 2. The molecular weight excluding hydrogens is 348 g/mol. The quantitative estimate of drug-likeness (QED) is 0.797. The molecule has 0 saturated carbocycles. The minimum absolute atomic E-state index is 0.0640. The van der Waals surface area contributed by atoms with Gasteiger partial charge in [0.25, 0.3) is 0 Å². The molecule has 1 heterocycles. The predicted octanol–water partition coefficient (Wildman–Crippen LogP) is 4.36. The molecule has 1 aromatic heterocycles. The van der Waals surface area contributed by atoms with Crippen LogP contribution in [0.25, 0.3) is 0 Å². The number of hydrogen-bond donors (Lipinski definition) is 2. The van der Waals surface area contributed by atoms with Crippen LogP contribution in [-0.4, -0.2) is 12.5 Å². The van der Waals surface area contributed by atoms with Crippen LogP contribution in [0.1, 0.15) is 30.3 Å².